The summed E-state index contributed by atoms with van der Waals surface area (Å²) < 4.78 is 12.0. The van der Waals surface area contributed by atoms with Crippen LogP contribution in [0.4, 0.5) is 0 Å². The fraction of sp³-hybridized carbons (Fsp3) is 0.241. The number of carbonyl (C=O) groups excluding carboxylic acids is 1. The average molecular weight is 574 g/mol. The molecular formula is C29H27Cl3N2O4. The number of nitrogens with zero attached hydrogens (tertiary/aromatic N) is 1. The van der Waals surface area contributed by atoms with E-state index in [1.807, 2.05) is 24.3 Å². The lowest BCUT2D eigenvalue weighted by Crippen LogP contribution is -2.47. The van der Waals surface area contributed by atoms with Crippen LogP contribution in [0.2, 0.25) is 15.1 Å². The van der Waals surface area contributed by atoms with E-state index in [1.165, 1.54) is 0 Å². The van der Waals surface area contributed by atoms with Gasteiger partial charge in [-0.25, -0.2) is 4.99 Å². The smallest absolute Gasteiger partial charge is 0.252 e. The maximum atomic E-state index is 13.9. The summed E-state index contributed by atoms with van der Waals surface area (Å²) in [5, 5.41) is 13.4. The summed E-state index contributed by atoms with van der Waals surface area (Å²) in [6.45, 7) is 4.62. The second-order valence-electron chi connectivity index (χ2n) is 8.76. The van der Waals surface area contributed by atoms with Crippen molar-refractivity contribution in [2.75, 3.05) is 13.2 Å². The first-order valence-electron chi connectivity index (χ1n) is 12.1. The Hall–Kier alpha value is -3.03. The summed E-state index contributed by atoms with van der Waals surface area (Å²) in [6, 6.07) is 19.5. The van der Waals surface area contributed by atoms with Crippen molar-refractivity contribution in [2.24, 2.45) is 4.99 Å². The van der Waals surface area contributed by atoms with E-state index in [2.05, 4.69) is 11.9 Å². The molecule has 0 saturated carbocycles. The van der Waals surface area contributed by atoms with Crippen LogP contribution in [0.15, 0.2) is 84.4 Å². The van der Waals surface area contributed by atoms with E-state index in [1.54, 1.807) is 48.5 Å². The Labute approximate surface area is 236 Å². The third kappa shape index (κ3) is 6.33. The van der Waals surface area contributed by atoms with Crippen molar-refractivity contribution in [3.8, 4) is 5.75 Å². The monoisotopic (exact) mass is 572 g/mol. The molecule has 4 rings (SSSR count). The molecule has 3 aromatic carbocycles. The first-order chi connectivity index (χ1) is 18.4. The molecule has 0 bridgehead atoms. The molecule has 6 nitrogen and oxygen atoms in total. The minimum atomic E-state index is -1.36. The number of aliphatic imine (C=N–C) groups is 1. The highest BCUT2D eigenvalue weighted by Crippen LogP contribution is 2.45. The number of hydrogen-bond acceptors (Lipinski definition) is 5. The summed E-state index contributed by atoms with van der Waals surface area (Å²) in [7, 11) is 0. The predicted octanol–water partition coefficient (Wildman–Crippen LogP) is 6.56. The number of amides is 1. The highest BCUT2D eigenvalue weighted by molar-refractivity contribution is 6.35. The number of benzene rings is 3. The van der Waals surface area contributed by atoms with Gasteiger partial charge in [0, 0.05) is 52.2 Å². The number of aliphatic hydroxyl groups excluding tert-OH is 1. The maximum absolute atomic E-state index is 13.9. The quantitative estimate of drug-likeness (QED) is 0.201. The second-order valence-corrected chi connectivity index (χ2v) is 10.0. The van der Waals surface area contributed by atoms with Crippen LogP contribution < -0.4 is 10.1 Å². The van der Waals surface area contributed by atoms with Crippen LogP contribution in [-0.4, -0.2) is 35.7 Å². The normalized spacial score (nSPS) is 18.4. The van der Waals surface area contributed by atoms with Gasteiger partial charge in [0.05, 0.1) is 6.61 Å². The summed E-state index contributed by atoms with van der Waals surface area (Å²) in [5.74, 6) is 0.616. The number of halogens is 3. The highest BCUT2D eigenvalue weighted by Gasteiger charge is 2.53. The summed E-state index contributed by atoms with van der Waals surface area (Å²) in [4.78, 5) is 18.7. The number of carbonyl (C=O) groups is 1. The lowest BCUT2D eigenvalue weighted by Gasteiger charge is -2.30. The molecule has 0 aliphatic carbocycles. The minimum absolute atomic E-state index is 0.0584. The standard InChI is InChI=1S/C29H27Cl3N2O4/c1-2-14-29(28(36)33-18-19-4-8-21(30)9-5-19)26(24-13-10-22(31)17-25(24)32)38-27(34-29)20-6-11-23(12-7-20)37-16-3-15-35/h2,4-13,17,26,35H,1,3,14-16,18H2,(H,33,36)/t26-,29-/m1/s1. The van der Waals surface area contributed by atoms with E-state index in [0.717, 1.165) is 5.56 Å². The lowest BCUT2D eigenvalue weighted by molar-refractivity contribution is -0.129. The molecule has 1 aliphatic heterocycles. The van der Waals surface area contributed by atoms with Crippen LogP contribution in [0, 0.1) is 0 Å². The Morgan fingerprint density at radius 2 is 1.79 bits per heavy atom. The first-order valence-corrected chi connectivity index (χ1v) is 13.2. The van der Waals surface area contributed by atoms with E-state index in [9.17, 15) is 4.79 Å². The molecule has 198 valence electrons. The van der Waals surface area contributed by atoms with Gasteiger partial charge in [-0.1, -0.05) is 59.1 Å². The average Bonchev–Trinajstić information content (AvgIpc) is 3.29. The van der Waals surface area contributed by atoms with Crippen LogP contribution in [-0.2, 0) is 16.1 Å². The molecule has 2 atom stereocenters. The topological polar surface area (TPSA) is 80.2 Å². The molecule has 0 radical (unpaired) electrons. The number of rotatable bonds is 11. The molecular weight excluding hydrogens is 547 g/mol. The molecule has 38 heavy (non-hydrogen) atoms. The largest absolute Gasteiger partial charge is 0.494 e. The first kappa shape index (κ1) is 28.0. The van der Waals surface area contributed by atoms with Gasteiger partial charge in [0.15, 0.2) is 11.6 Å². The van der Waals surface area contributed by atoms with E-state index < -0.39 is 11.6 Å². The molecule has 0 saturated heterocycles. The fourth-order valence-corrected chi connectivity index (χ4v) is 4.80. The van der Waals surface area contributed by atoms with Crippen LogP contribution in [0.5, 0.6) is 5.75 Å². The van der Waals surface area contributed by atoms with Gasteiger partial charge in [0.1, 0.15) is 5.75 Å². The third-order valence-electron chi connectivity index (χ3n) is 6.10. The lowest BCUT2D eigenvalue weighted by atomic mass is 9.84. The van der Waals surface area contributed by atoms with E-state index >= 15 is 0 Å². The van der Waals surface area contributed by atoms with Gasteiger partial charge in [-0.3, -0.25) is 4.79 Å². The van der Waals surface area contributed by atoms with Crippen molar-refractivity contribution >= 4 is 46.6 Å². The van der Waals surface area contributed by atoms with Gasteiger partial charge in [0.2, 0.25) is 5.90 Å². The number of hydrogen-bond donors (Lipinski definition) is 2. The Kier molecular flexibility index (Phi) is 9.34. The van der Waals surface area contributed by atoms with Crippen LogP contribution >= 0.6 is 34.8 Å². The molecule has 3 aromatic rings. The maximum Gasteiger partial charge on any atom is 0.252 e. The molecule has 1 aliphatic rings. The Morgan fingerprint density at radius 1 is 1.08 bits per heavy atom. The van der Waals surface area contributed by atoms with E-state index in [4.69, 9.17) is 54.4 Å². The molecule has 1 amide bonds. The van der Waals surface area contributed by atoms with Crippen molar-refractivity contribution in [1.29, 1.82) is 0 Å². The Balaban J connectivity index is 1.69. The molecule has 9 heteroatoms. The van der Waals surface area contributed by atoms with Crippen molar-refractivity contribution in [3.63, 3.8) is 0 Å². The molecule has 0 aromatic heterocycles. The minimum Gasteiger partial charge on any atom is -0.494 e. The number of nitrogens with one attached hydrogen (secondary N) is 1. The zero-order chi connectivity index (χ0) is 27.1. The third-order valence-corrected chi connectivity index (χ3v) is 6.91. The number of aliphatic hydroxyl groups is 1. The molecule has 0 fully saturated rings. The van der Waals surface area contributed by atoms with Crippen LogP contribution in [0.3, 0.4) is 0 Å². The zero-order valence-corrected chi connectivity index (χ0v) is 22.8. The van der Waals surface area contributed by atoms with Crippen LogP contribution in [0.1, 0.15) is 35.6 Å². The Morgan fingerprint density at radius 3 is 2.45 bits per heavy atom. The van der Waals surface area contributed by atoms with Gasteiger partial charge < -0.3 is 19.9 Å². The zero-order valence-electron chi connectivity index (χ0n) is 20.5. The van der Waals surface area contributed by atoms with E-state index in [-0.39, 0.29) is 25.5 Å². The summed E-state index contributed by atoms with van der Waals surface area (Å²) in [6.07, 6.45) is 1.56. The van der Waals surface area contributed by atoms with Crippen molar-refractivity contribution in [2.45, 2.75) is 31.0 Å². The van der Waals surface area contributed by atoms with Crippen LogP contribution in [0.25, 0.3) is 0 Å². The fourth-order valence-electron chi connectivity index (χ4n) is 4.16. The molecule has 0 unspecified atom stereocenters. The SMILES string of the molecule is C=CC[C@@]1(C(=O)NCc2ccc(Cl)cc2)N=C(c2ccc(OCCCO)cc2)O[C@@H]1c1ccc(Cl)cc1Cl. The van der Waals surface area contributed by atoms with Gasteiger partial charge in [-0.15, -0.1) is 6.58 Å². The van der Waals surface area contributed by atoms with Gasteiger partial charge >= 0.3 is 0 Å². The molecule has 1 heterocycles. The molecule has 2 N–H and O–H groups in total. The van der Waals surface area contributed by atoms with Gasteiger partial charge in [0.25, 0.3) is 5.91 Å². The van der Waals surface area contributed by atoms with Crippen molar-refractivity contribution in [1.82, 2.24) is 5.32 Å². The van der Waals surface area contributed by atoms with Crippen molar-refractivity contribution < 1.29 is 19.4 Å². The number of ether oxygens (including phenoxy) is 2. The summed E-state index contributed by atoms with van der Waals surface area (Å²) >= 11 is 18.7. The summed E-state index contributed by atoms with van der Waals surface area (Å²) in [5.41, 5.74) is 0.780. The van der Waals surface area contributed by atoms with Gasteiger partial charge in [-0.05, 0) is 54.1 Å². The highest BCUT2D eigenvalue weighted by atomic mass is 35.5. The Bertz CT molecular complexity index is 1310. The second kappa shape index (κ2) is 12.7. The molecule has 0 spiro atoms. The van der Waals surface area contributed by atoms with Crippen molar-refractivity contribution in [3.05, 3.63) is 111 Å². The van der Waals surface area contributed by atoms with E-state index in [0.29, 0.717) is 50.9 Å². The predicted molar refractivity (Wildman–Crippen MR) is 151 cm³/mol. The van der Waals surface area contributed by atoms with Gasteiger partial charge in [-0.2, -0.15) is 0 Å².